The Morgan fingerprint density at radius 2 is 2.06 bits per heavy atom. The van der Waals surface area contributed by atoms with Gasteiger partial charge >= 0.3 is 0 Å². The first-order valence-electron chi connectivity index (χ1n) is 4.69. The van der Waals surface area contributed by atoms with Crippen LogP contribution in [0.3, 0.4) is 0 Å². The SMILES string of the molecule is CC1CN=C(Nc2c(Cl)cc(Br)cc2Cl)S1. The minimum atomic E-state index is 0.510. The molecule has 1 atom stereocenters. The van der Waals surface area contributed by atoms with Gasteiger partial charge in [0, 0.05) is 9.72 Å². The Morgan fingerprint density at radius 1 is 1.44 bits per heavy atom. The Balaban J connectivity index is 2.22. The van der Waals surface area contributed by atoms with E-state index >= 15 is 0 Å². The molecule has 0 saturated carbocycles. The summed E-state index contributed by atoms with van der Waals surface area (Å²) in [5.41, 5.74) is 0.715. The second kappa shape index (κ2) is 5.17. The molecular formula is C10H9BrCl2N2S. The Hall–Kier alpha value is 0.1000. The predicted molar refractivity (Wildman–Crippen MR) is 77.1 cm³/mol. The maximum atomic E-state index is 6.11. The van der Waals surface area contributed by atoms with E-state index in [9.17, 15) is 0 Å². The molecule has 1 heterocycles. The van der Waals surface area contributed by atoms with Crippen molar-refractivity contribution in [3.05, 3.63) is 26.7 Å². The van der Waals surface area contributed by atoms with Crippen LogP contribution in [0.1, 0.15) is 6.92 Å². The molecule has 6 heteroatoms. The van der Waals surface area contributed by atoms with Crippen LogP contribution in [0.2, 0.25) is 10.0 Å². The van der Waals surface area contributed by atoms with Gasteiger partial charge in [-0.3, -0.25) is 4.99 Å². The van der Waals surface area contributed by atoms with Crippen LogP contribution in [-0.4, -0.2) is 17.0 Å². The van der Waals surface area contributed by atoms with Crippen molar-refractivity contribution in [1.29, 1.82) is 0 Å². The fraction of sp³-hybridized carbons (Fsp3) is 0.300. The van der Waals surface area contributed by atoms with Crippen LogP contribution in [0, 0.1) is 0 Å². The minimum absolute atomic E-state index is 0.510. The number of nitrogens with zero attached hydrogens (tertiary/aromatic N) is 1. The van der Waals surface area contributed by atoms with Crippen LogP contribution in [0.4, 0.5) is 5.69 Å². The number of hydrogen-bond donors (Lipinski definition) is 1. The molecule has 0 amide bonds. The molecule has 1 aliphatic rings. The largest absolute Gasteiger partial charge is 0.333 e. The maximum absolute atomic E-state index is 6.11. The molecule has 0 aliphatic carbocycles. The summed E-state index contributed by atoms with van der Waals surface area (Å²) in [6, 6.07) is 3.61. The molecule has 1 aliphatic heterocycles. The van der Waals surface area contributed by atoms with Crippen LogP contribution in [0.15, 0.2) is 21.6 Å². The zero-order chi connectivity index (χ0) is 11.7. The lowest BCUT2D eigenvalue weighted by Crippen LogP contribution is -2.07. The van der Waals surface area contributed by atoms with Gasteiger partial charge in [0.15, 0.2) is 5.17 Å². The van der Waals surface area contributed by atoms with Gasteiger partial charge in [-0.2, -0.15) is 0 Å². The van der Waals surface area contributed by atoms with E-state index < -0.39 is 0 Å². The molecule has 1 unspecified atom stereocenters. The van der Waals surface area contributed by atoms with E-state index in [0.717, 1.165) is 16.2 Å². The molecule has 2 rings (SSSR count). The van der Waals surface area contributed by atoms with Gasteiger partial charge in [0.25, 0.3) is 0 Å². The quantitative estimate of drug-likeness (QED) is 0.804. The molecule has 1 N–H and O–H groups in total. The van der Waals surface area contributed by atoms with E-state index in [0.29, 0.717) is 21.0 Å². The van der Waals surface area contributed by atoms with Gasteiger partial charge in [-0.25, -0.2) is 0 Å². The Bertz CT molecular complexity index is 427. The van der Waals surface area contributed by atoms with Crippen molar-refractivity contribution in [2.24, 2.45) is 4.99 Å². The van der Waals surface area contributed by atoms with Gasteiger partial charge in [0.1, 0.15) is 0 Å². The molecule has 16 heavy (non-hydrogen) atoms. The molecule has 0 bridgehead atoms. The highest BCUT2D eigenvalue weighted by atomic mass is 79.9. The molecule has 2 nitrogen and oxygen atoms in total. The number of thioether (sulfide) groups is 1. The van der Waals surface area contributed by atoms with Gasteiger partial charge in [0.05, 0.1) is 22.3 Å². The van der Waals surface area contributed by atoms with Gasteiger partial charge < -0.3 is 5.32 Å². The van der Waals surface area contributed by atoms with E-state index in [2.05, 4.69) is 33.2 Å². The Morgan fingerprint density at radius 3 is 2.56 bits per heavy atom. The molecule has 1 aromatic carbocycles. The lowest BCUT2D eigenvalue weighted by Gasteiger charge is -2.10. The van der Waals surface area contributed by atoms with Crippen molar-refractivity contribution >= 4 is 61.7 Å². The van der Waals surface area contributed by atoms with Gasteiger partial charge in [0.2, 0.25) is 0 Å². The van der Waals surface area contributed by atoms with E-state index in [1.165, 1.54) is 0 Å². The lowest BCUT2D eigenvalue weighted by molar-refractivity contribution is 0.976. The van der Waals surface area contributed by atoms with Crippen LogP contribution in [0.25, 0.3) is 0 Å². The number of anilines is 1. The lowest BCUT2D eigenvalue weighted by atomic mass is 10.3. The third kappa shape index (κ3) is 2.86. The zero-order valence-electron chi connectivity index (χ0n) is 8.43. The summed E-state index contributed by atoms with van der Waals surface area (Å²) in [5.74, 6) is 0. The van der Waals surface area contributed by atoms with Gasteiger partial charge in [-0.15, -0.1) is 0 Å². The Labute approximate surface area is 117 Å². The fourth-order valence-electron chi connectivity index (χ4n) is 1.31. The van der Waals surface area contributed by atoms with Crippen molar-refractivity contribution in [2.75, 3.05) is 11.9 Å². The number of nitrogens with one attached hydrogen (secondary N) is 1. The second-order valence-electron chi connectivity index (χ2n) is 3.44. The Kier molecular flexibility index (Phi) is 4.06. The normalized spacial score (nSPS) is 19.8. The van der Waals surface area contributed by atoms with E-state index in [-0.39, 0.29) is 0 Å². The average molecular weight is 340 g/mol. The molecular weight excluding hydrogens is 331 g/mol. The van der Waals surface area contributed by atoms with Crippen molar-refractivity contribution in [3.8, 4) is 0 Å². The summed E-state index contributed by atoms with van der Waals surface area (Å²) in [6.07, 6.45) is 0. The van der Waals surface area contributed by atoms with Gasteiger partial charge in [-0.05, 0) is 12.1 Å². The minimum Gasteiger partial charge on any atom is -0.333 e. The van der Waals surface area contributed by atoms with Crippen molar-refractivity contribution in [1.82, 2.24) is 0 Å². The second-order valence-corrected chi connectivity index (χ2v) is 6.60. The highest BCUT2D eigenvalue weighted by molar-refractivity contribution is 9.10. The predicted octanol–water partition coefficient (Wildman–Crippen LogP) is 4.66. The number of halogens is 3. The van der Waals surface area contributed by atoms with Crippen molar-refractivity contribution < 1.29 is 0 Å². The highest BCUT2D eigenvalue weighted by Gasteiger charge is 2.17. The topological polar surface area (TPSA) is 24.4 Å². The number of benzene rings is 1. The van der Waals surface area contributed by atoms with E-state index in [1.807, 2.05) is 0 Å². The van der Waals surface area contributed by atoms with Gasteiger partial charge in [-0.1, -0.05) is 57.8 Å². The zero-order valence-corrected chi connectivity index (χ0v) is 12.3. The third-order valence-corrected chi connectivity index (χ3v) is 4.10. The molecule has 86 valence electrons. The standard InChI is InChI=1S/C10H9BrCl2N2S/c1-5-4-14-10(16-5)15-9-7(12)2-6(11)3-8(9)13/h2-3,5H,4H2,1H3,(H,14,15). The molecule has 0 radical (unpaired) electrons. The number of hydrogen-bond acceptors (Lipinski definition) is 3. The van der Waals surface area contributed by atoms with Crippen LogP contribution >= 0.6 is 50.9 Å². The monoisotopic (exact) mass is 338 g/mol. The first-order chi connectivity index (χ1) is 7.56. The van der Waals surface area contributed by atoms with Crippen molar-refractivity contribution in [2.45, 2.75) is 12.2 Å². The first kappa shape index (κ1) is 12.6. The van der Waals surface area contributed by atoms with E-state index in [1.54, 1.807) is 23.9 Å². The molecule has 0 saturated heterocycles. The summed E-state index contributed by atoms with van der Waals surface area (Å²) in [5, 5.41) is 5.72. The molecule has 0 fully saturated rings. The number of aliphatic imine (C=N–C) groups is 1. The van der Waals surface area contributed by atoms with E-state index in [4.69, 9.17) is 23.2 Å². The average Bonchev–Trinajstić information content (AvgIpc) is 2.58. The smallest absolute Gasteiger partial charge is 0.161 e. The third-order valence-electron chi connectivity index (χ3n) is 2.04. The summed E-state index contributed by atoms with van der Waals surface area (Å²) in [6.45, 7) is 2.96. The summed E-state index contributed by atoms with van der Waals surface area (Å²) >= 11 is 17.2. The summed E-state index contributed by atoms with van der Waals surface area (Å²) in [7, 11) is 0. The fourth-order valence-corrected chi connectivity index (χ4v) is 3.46. The van der Waals surface area contributed by atoms with Crippen molar-refractivity contribution in [3.63, 3.8) is 0 Å². The summed E-state index contributed by atoms with van der Waals surface area (Å²) < 4.78 is 0.863. The van der Waals surface area contributed by atoms with Crippen LogP contribution in [0.5, 0.6) is 0 Å². The molecule has 0 spiro atoms. The number of rotatable bonds is 1. The van der Waals surface area contributed by atoms with Crippen LogP contribution < -0.4 is 5.32 Å². The van der Waals surface area contributed by atoms with Crippen LogP contribution in [-0.2, 0) is 0 Å². The highest BCUT2D eigenvalue weighted by Crippen LogP contribution is 2.35. The first-order valence-corrected chi connectivity index (χ1v) is 7.12. The summed E-state index contributed by atoms with van der Waals surface area (Å²) in [4.78, 5) is 4.36. The molecule has 1 aromatic rings. The molecule has 0 aromatic heterocycles. The maximum Gasteiger partial charge on any atom is 0.161 e. The number of amidine groups is 1.